The van der Waals surface area contributed by atoms with E-state index < -0.39 is 0 Å². The molecule has 18 heavy (non-hydrogen) atoms. The molecule has 1 aliphatic heterocycles. The summed E-state index contributed by atoms with van der Waals surface area (Å²) in [7, 11) is 0. The van der Waals surface area contributed by atoms with Gasteiger partial charge in [-0.3, -0.25) is 0 Å². The van der Waals surface area contributed by atoms with Crippen LogP contribution in [0.5, 0.6) is 0 Å². The Morgan fingerprint density at radius 2 is 2.17 bits per heavy atom. The predicted molar refractivity (Wildman–Crippen MR) is 68.1 cm³/mol. The van der Waals surface area contributed by atoms with Gasteiger partial charge in [0.15, 0.2) is 0 Å². The van der Waals surface area contributed by atoms with Crippen LogP contribution in [0.15, 0.2) is 4.42 Å². The summed E-state index contributed by atoms with van der Waals surface area (Å²) in [6, 6.07) is 0.785. The second-order valence-electron chi connectivity index (χ2n) is 4.78. The van der Waals surface area contributed by atoms with Gasteiger partial charge in [0.2, 0.25) is 5.89 Å². The molecule has 1 aromatic heterocycles. The number of hydrogen-bond donors (Lipinski definition) is 2. The Morgan fingerprint density at radius 3 is 2.78 bits per heavy atom. The third kappa shape index (κ3) is 2.81. The normalized spacial score (nSPS) is 22.9. The maximum absolute atomic E-state index is 5.93. The van der Waals surface area contributed by atoms with Crippen LogP contribution in [-0.4, -0.2) is 28.4 Å². The minimum absolute atomic E-state index is 0.00731. The molecule has 102 valence electrons. The van der Waals surface area contributed by atoms with Crippen LogP contribution in [0.4, 0.5) is 6.01 Å². The van der Waals surface area contributed by atoms with Crippen molar-refractivity contribution in [3.63, 3.8) is 0 Å². The Labute approximate surface area is 107 Å². The van der Waals surface area contributed by atoms with Gasteiger partial charge in [-0.15, -0.1) is 5.10 Å². The van der Waals surface area contributed by atoms with Gasteiger partial charge in [-0.1, -0.05) is 18.9 Å². The van der Waals surface area contributed by atoms with E-state index in [0.717, 1.165) is 32.3 Å². The standard InChI is InChI=1S/C12H22N4O2/c1-3-12(4-2)7-9(5-6-17-12)14-11-16-15-10(8-13)18-11/h9H,3-8,13H2,1-2H3,(H,14,16). The molecule has 1 atom stereocenters. The fourth-order valence-corrected chi connectivity index (χ4v) is 2.46. The molecular weight excluding hydrogens is 232 g/mol. The van der Waals surface area contributed by atoms with Crippen LogP contribution in [0.1, 0.15) is 45.4 Å². The van der Waals surface area contributed by atoms with Crippen LogP contribution < -0.4 is 11.1 Å². The molecule has 0 aliphatic carbocycles. The highest BCUT2D eigenvalue weighted by atomic mass is 16.5. The molecule has 1 unspecified atom stereocenters. The van der Waals surface area contributed by atoms with Crippen LogP contribution in [0, 0.1) is 0 Å². The van der Waals surface area contributed by atoms with Gasteiger partial charge in [-0.2, -0.15) is 0 Å². The monoisotopic (exact) mass is 254 g/mol. The molecule has 0 saturated carbocycles. The van der Waals surface area contributed by atoms with E-state index in [-0.39, 0.29) is 12.1 Å². The summed E-state index contributed by atoms with van der Waals surface area (Å²) < 4.78 is 11.3. The molecular formula is C12H22N4O2. The fourth-order valence-electron chi connectivity index (χ4n) is 2.46. The number of nitrogens with zero attached hydrogens (tertiary/aromatic N) is 2. The number of nitrogens with two attached hydrogens (primary N) is 1. The average molecular weight is 254 g/mol. The first-order chi connectivity index (χ1) is 8.71. The third-order valence-electron chi connectivity index (χ3n) is 3.75. The number of aromatic nitrogens is 2. The molecule has 6 nitrogen and oxygen atoms in total. The lowest BCUT2D eigenvalue weighted by atomic mass is 9.86. The third-order valence-corrected chi connectivity index (χ3v) is 3.75. The number of nitrogens with one attached hydrogen (secondary N) is 1. The quantitative estimate of drug-likeness (QED) is 0.831. The summed E-state index contributed by atoms with van der Waals surface area (Å²) >= 11 is 0. The van der Waals surface area contributed by atoms with Crippen molar-refractivity contribution in [2.45, 2.75) is 57.7 Å². The molecule has 6 heteroatoms. The highest BCUT2D eigenvalue weighted by Crippen LogP contribution is 2.32. The summed E-state index contributed by atoms with van der Waals surface area (Å²) in [6.07, 6.45) is 3.99. The van der Waals surface area contributed by atoms with E-state index in [1.165, 1.54) is 0 Å². The van der Waals surface area contributed by atoms with Crippen molar-refractivity contribution >= 4 is 6.01 Å². The van der Waals surface area contributed by atoms with Gasteiger partial charge in [-0.05, 0) is 25.7 Å². The molecule has 0 amide bonds. The molecule has 2 heterocycles. The van der Waals surface area contributed by atoms with Crippen LogP contribution in [0.3, 0.4) is 0 Å². The smallest absolute Gasteiger partial charge is 0.315 e. The largest absolute Gasteiger partial charge is 0.407 e. The topological polar surface area (TPSA) is 86.2 Å². The maximum Gasteiger partial charge on any atom is 0.315 e. The Kier molecular flexibility index (Phi) is 4.19. The van der Waals surface area contributed by atoms with Crippen LogP contribution in [0.2, 0.25) is 0 Å². The molecule has 1 aliphatic rings. The van der Waals surface area contributed by atoms with E-state index in [1.54, 1.807) is 0 Å². The molecule has 1 aromatic rings. The van der Waals surface area contributed by atoms with E-state index in [9.17, 15) is 0 Å². The lowest BCUT2D eigenvalue weighted by molar-refractivity contribution is -0.0866. The lowest BCUT2D eigenvalue weighted by Crippen LogP contribution is -2.43. The first-order valence-electron chi connectivity index (χ1n) is 6.64. The first kappa shape index (κ1) is 13.3. The number of rotatable bonds is 5. The van der Waals surface area contributed by atoms with E-state index in [2.05, 4.69) is 29.4 Å². The molecule has 0 bridgehead atoms. The zero-order valence-electron chi connectivity index (χ0n) is 11.1. The van der Waals surface area contributed by atoms with Crippen molar-refractivity contribution in [3.05, 3.63) is 5.89 Å². The zero-order chi connectivity index (χ0) is 13.0. The second kappa shape index (κ2) is 5.67. The van der Waals surface area contributed by atoms with Crippen molar-refractivity contribution < 1.29 is 9.15 Å². The molecule has 3 N–H and O–H groups in total. The molecule has 0 spiro atoms. The Balaban J connectivity index is 1.97. The molecule has 1 saturated heterocycles. The van der Waals surface area contributed by atoms with Gasteiger partial charge in [-0.25, -0.2) is 0 Å². The minimum Gasteiger partial charge on any atom is -0.407 e. The summed E-state index contributed by atoms with van der Waals surface area (Å²) in [6.45, 7) is 5.39. The summed E-state index contributed by atoms with van der Waals surface area (Å²) in [4.78, 5) is 0. The van der Waals surface area contributed by atoms with Crippen LogP contribution in [0.25, 0.3) is 0 Å². The van der Waals surface area contributed by atoms with Crippen molar-refractivity contribution in [2.75, 3.05) is 11.9 Å². The fraction of sp³-hybridized carbons (Fsp3) is 0.833. The van der Waals surface area contributed by atoms with Gasteiger partial charge in [0, 0.05) is 12.6 Å². The lowest BCUT2D eigenvalue weighted by Gasteiger charge is -2.39. The van der Waals surface area contributed by atoms with Gasteiger partial charge < -0.3 is 20.2 Å². The first-order valence-corrected chi connectivity index (χ1v) is 6.64. The van der Waals surface area contributed by atoms with Crippen molar-refractivity contribution in [1.82, 2.24) is 10.2 Å². The second-order valence-corrected chi connectivity index (χ2v) is 4.78. The van der Waals surface area contributed by atoms with Gasteiger partial charge >= 0.3 is 6.01 Å². The van der Waals surface area contributed by atoms with Gasteiger partial charge in [0.25, 0.3) is 0 Å². The number of anilines is 1. The van der Waals surface area contributed by atoms with Crippen molar-refractivity contribution in [3.8, 4) is 0 Å². The van der Waals surface area contributed by atoms with Crippen LogP contribution in [-0.2, 0) is 11.3 Å². The SMILES string of the molecule is CCC1(CC)CC(Nc2nnc(CN)o2)CCO1. The van der Waals surface area contributed by atoms with E-state index in [4.69, 9.17) is 14.9 Å². The van der Waals surface area contributed by atoms with Crippen molar-refractivity contribution in [1.29, 1.82) is 0 Å². The van der Waals surface area contributed by atoms with E-state index in [1.807, 2.05) is 0 Å². The van der Waals surface area contributed by atoms with Gasteiger partial charge in [0.1, 0.15) is 0 Å². The summed E-state index contributed by atoms with van der Waals surface area (Å²) in [5, 5.41) is 11.1. The van der Waals surface area contributed by atoms with Crippen molar-refractivity contribution in [2.24, 2.45) is 5.73 Å². The van der Waals surface area contributed by atoms with E-state index in [0.29, 0.717) is 17.9 Å². The number of hydrogen-bond acceptors (Lipinski definition) is 6. The molecule has 0 radical (unpaired) electrons. The Bertz CT molecular complexity index is 376. The Hall–Kier alpha value is -1.14. The van der Waals surface area contributed by atoms with Gasteiger partial charge in [0.05, 0.1) is 12.1 Å². The predicted octanol–water partition coefficient (Wildman–Crippen LogP) is 1.68. The number of ether oxygens (including phenoxy) is 1. The Morgan fingerprint density at radius 1 is 1.39 bits per heavy atom. The maximum atomic E-state index is 5.93. The highest BCUT2D eigenvalue weighted by Gasteiger charge is 2.34. The minimum atomic E-state index is -0.00731. The zero-order valence-corrected chi connectivity index (χ0v) is 11.1. The molecule has 0 aromatic carbocycles. The summed E-state index contributed by atoms with van der Waals surface area (Å²) in [5.74, 6) is 0.460. The highest BCUT2D eigenvalue weighted by molar-refractivity contribution is 5.20. The van der Waals surface area contributed by atoms with E-state index >= 15 is 0 Å². The molecule has 2 rings (SSSR count). The van der Waals surface area contributed by atoms with Crippen LogP contribution >= 0.6 is 0 Å². The summed E-state index contributed by atoms with van der Waals surface area (Å²) in [5.41, 5.74) is 5.43. The molecule has 1 fully saturated rings. The average Bonchev–Trinajstić information content (AvgIpc) is 2.86.